The minimum atomic E-state index is -1.79. The predicted octanol–water partition coefficient (Wildman–Crippen LogP) is 2.21. The highest BCUT2D eigenvalue weighted by Gasteiger charge is 2.10. The van der Waals surface area contributed by atoms with Gasteiger partial charge in [-0.1, -0.05) is 54.6 Å². The zero-order valence-corrected chi connectivity index (χ0v) is 9.73. The van der Waals surface area contributed by atoms with Crippen LogP contribution >= 0.6 is 0 Å². The summed E-state index contributed by atoms with van der Waals surface area (Å²) in [7, 11) is -1.79. The summed E-state index contributed by atoms with van der Waals surface area (Å²) in [5.74, 6) is 0.417. The van der Waals surface area contributed by atoms with Gasteiger partial charge in [0.25, 0.3) is 0 Å². The summed E-state index contributed by atoms with van der Waals surface area (Å²) in [5.41, 5.74) is 2.03. The van der Waals surface area contributed by atoms with Gasteiger partial charge >= 0.3 is 7.32 Å². The van der Waals surface area contributed by atoms with Crippen molar-refractivity contribution in [3.63, 3.8) is 0 Å². The average Bonchev–Trinajstić information content (AvgIpc) is 2.37. The van der Waals surface area contributed by atoms with Gasteiger partial charge in [-0.2, -0.15) is 0 Å². The van der Waals surface area contributed by atoms with Gasteiger partial charge in [-0.15, -0.1) is 0 Å². The van der Waals surface area contributed by atoms with Crippen LogP contribution in [0, 0.1) is 0 Å². The lowest BCUT2D eigenvalue weighted by Crippen LogP contribution is -2.20. The summed E-state index contributed by atoms with van der Waals surface area (Å²) in [6.07, 6.45) is 3.92. The molecule has 18 heavy (non-hydrogen) atoms. The topological polar surface area (TPSA) is 49.7 Å². The first kappa shape index (κ1) is 12.4. The van der Waals surface area contributed by atoms with E-state index in [-0.39, 0.29) is 0 Å². The fourth-order valence-corrected chi connectivity index (χ4v) is 1.57. The number of rotatable bonds is 4. The van der Waals surface area contributed by atoms with Crippen LogP contribution in [0.15, 0.2) is 54.6 Å². The van der Waals surface area contributed by atoms with Crippen LogP contribution in [0.1, 0.15) is 11.1 Å². The monoisotopic (exact) mass is 240 g/mol. The molecule has 2 N–H and O–H groups in total. The van der Waals surface area contributed by atoms with Gasteiger partial charge in [0.1, 0.15) is 5.75 Å². The van der Waals surface area contributed by atoms with Gasteiger partial charge in [-0.05, 0) is 23.3 Å². The highest BCUT2D eigenvalue weighted by Crippen LogP contribution is 2.15. The molecule has 0 aliphatic heterocycles. The van der Waals surface area contributed by atoms with Crippen LogP contribution in [0.4, 0.5) is 0 Å². The number of hydrogen-bond acceptors (Lipinski definition) is 3. The molecule has 0 aliphatic rings. The molecule has 0 amide bonds. The van der Waals surface area contributed by atoms with Gasteiger partial charge in [-0.25, -0.2) is 0 Å². The zero-order chi connectivity index (χ0) is 12.8. The Morgan fingerprint density at radius 3 is 2.22 bits per heavy atom. The molecule has 0 aromatic heterocycles. The summed E-state index contributed by atoms with van der Waals surface area (Å²) in [4.78, 5) is 0. The molecular weight excluding hydrogens is 227 g/mol. The lowest BCUT2D eigenvalue weighted by Gasteiger charge is -2.04. The van der Waals surface area contributed by atoms with Gasteiger partial charge in [0, 0.05) is 0 Å². The van der Waals surface area contributed by atoms with Crippen molar-refractivity contribution < 1.29 is 14.7 Å². The predicted molar refractivity (Wildman–Crippen MR) is 72.6 cm³/mol. The van der Waals surface area contributed by atoms with Crippen molar-refractivity contribution >= 4 is 19.5 Å². The lowest BCUT2D eigenvalue weighted by atomic mass is 10.1. The van der Waals surface area contributed by atoms with Gasteiger partial charge in [-0.3, -0.25) is 0 Å². The third-order valence-electron chi connectivity index (χ3n) is 2.37. The van der Waals surface area contributed by atoms with Crippen molar-refractivity contribution in [2.24, 2.45) is 0 Å². The van der Waals surface area contributed by atoms with Crippen LogP contribution in [-0.2, 0) is 0 Å². The molecule has 2 aromatic rings. The smallest absolute Gasteiger partial charge is 0.512 e. The van der Waals surface area contributed by atoms with Gasteiger partial charge in [0.2, 0.25) is 0 Å². The third kappa shape index (κ3) is 3.77. The Labute approximate surface area is 106 Å². The molecule has 0 unspecified atom stereocenters. The summed E-state index contributed by atoms with van der Waals surface area (Å²) < 4.78 is 4.78. The number of benzene rings is 2. The second kappa shape index (κ2) is 6.05. The summed E-state index contributed by atoms with van der Waals surface area (Å²) in [6, 6.07) is 17.0. The van der Waals surface area contributed by atoms with Crippen LogP contribution < -0.4 is 4.65 Å². The molecule has 0 aliphatic carbocycles. The maximum atomic E-state index is 8.72. The molecule has 0 heterocycles. The molecule has 90 valence electrons. The van der Waals surface area contributed by atoms with Crippen molar-refractivity contribution in [1.82, 2.24) is 0 Å². The largest absolute Gasteiger partial charge is 0.707 e. The fraction of sp³-hybridized carbons (Fsp3) is 0. The molecule has 0 saturated carbocycles. The van der Waals surface area contributed by atoms with Crippen molar-refractivity contribution in [1.29, 1.82) is 0 Å². The van der Waals surface area contributed by atoms with E-state index in [9.17, 15) is 0 Å². The summed E-state index contributed by atoms with van der Waals surface area (Å²) in [6.45, 7) is 0. The van der Waals surface area contributed by atoms with E-state index in [4.69, 9.17) is 14.7 Å². The van der Waals surface area contributed by atoms with Crippen molar-refractivity contribution in [3.8, 4) is 5.75 Å². The van der Waals surface area contributed by atoms with E-state index in [1.807, 2.05) is 48.6 Å². The molecule has 0 radical (unpaired) electrons. The molecule has 0 fully saturated rings. The Morgan fingerprint density at radius 2 is 1.50 bits per heavy atom. The lowest BCUT2D eigenvalue weighted by molar-refractivity contribution is 0.288. The van der Waals surface area contributed by atoms with E-state index in [2.05, 4.69) is 0 Å². The fourth-order valence-electron chi connectivity index (χ4n) is 1.57. The minimum absolute atomic E-state index is 0.417. The quantitative estimate of drug-likeness (QED) is 0.636. The molecule has 2 rings (SSSR count). The van der Waals surface area contributed by atoms with E-state index >= 15 is 0 Å². The second-order valence-corrected chi connectivity index (χ2v) is 3.76. The van der Waals surface area contributed by atoms with E-state index in [1.165, 1.54) is 0 Å². The minimum Gasteiger partial charge on any atom is -0.512 e. The maximum absolute atomic E-state index is 8.72. The highest BCUT2D eigenvalue weighted by atomic mass is 16.6. The normalized spacial score (nSPS) is 10.6. The van der Waals surface area contributed by atoms with Crippen molar-refractivity contribution in [2.75, 3.05) is 0 Å². The molecule has 0 saturated heterocycles. The molecule has 0 atom stereocenters. The van der Waals surface area contributed by atoms with Crippen molar-refractivity contribution in [2.45, 2.75) is 0 Å². The van der Waals surface area contributed by atoms with Crippen LogP contribution in [0.25, 0.3) is 12.2 Å². The SMILES string of the molecule is OB(O)Oc1cccc(/C=C/c2ccccc2)c1. The standard InChI is InChI=1S/C14H13BO3/c16-15(17)18-14-8-4-7-13(11-14)10-9-12-5-2-1-3-6-12/h1-11,16-17H/b10-9+. The van der Waals surface area contributed by atoms with Crippen molar-refractivity contribution in [3.05, 3.63) is 65.7 Å². The highest BCUT2D eigenvalue weighted by molar-refractivity contribution is 6.33. The van der Waals surface area contributed by atoms with Gasteiger partial charge in [0.15, 0.2) is 0 Å². The Bertz CT molecular complexity index is 524. The first-order valence-corrected chi connectivity index (χ1v) is 5.60. The summed E-state index contributed by atoms with van der Waals surface area (Å²) >= 11 is 0. The molecule has 0 spiro atoms. The van der Waals surface area contributed by atoms with E-state index in [0.717, 1.165) is 11.1 Å². The third-order valence-corrected chi connectivity index (χ3v) is 2.37. The Morgan fingerprint density at radius 1 is 0.833 bits per heavy atom. The van der Waals surface area contributed by atoms with Crippen LogP contribution in [0.5, 0.6) is 5.75 Å². The van der Waals surface area contributed by atoms with Crippen LogP contribution in [0.3, 0.4) is 0 Å². The second-order valence-electron chi connectivity index (χ2n) is 3.76. The Balaban J connectivity index is 2.12. The molecule has 4 heteroatoms. The zero-order valence-electron chi connectivity index (χ0n) is 9.73. The molecule has 3 nitrogen and oxygen atoms in total. The van der Waals surface area contributed by atoms with Gasteiger partial charge < -0.3 is 14.7 Å². The average molecular weight is 240 g/mol. The molecule has 0 bridgehead atoms. The maximum Gasteiger partial charge on any atom is 0.707 e. The van der Waals surface area contributed by atoms with E-state index < -0.39 is 7.32 Å². The molecule has 2 aromatic carbocycles. The number of hydrogen-bond donors (Lipinski definition) is 2. The van der Waals surface area contributed by atoms with Crippen LogP contribution in [0.2, 0.25) is 0 Å². The summed E-state index contributed by atoms with van der Waals surface area (Å²) in [5, 5.41) is 17.4. The first-order chi connectivity index (χ1) is 8.74. The van der Waals surface area contributed by atoms with E-state index in [0.29, 0.717) is 5.75 Å². The first-order valence-electron chi connectivity index (χ1n) is 5.60. The Hall–Kier alpha value is -2.04. The van der Waals surface area contributed by atoms with E-state index in [1.54, 1.807) is 18.2 Å². The van der Waals surface area contributed by atoms with Gasteiger partial charge in [0.05, 0.1) is 0 Å². The molecular formula is C14H13BO3. The van der Waals surface area contributed by atoms with Crippen LogP contribution in [-0.4, -0.2) is 17.4 Å². The Kier molecular flexibility index (Phi) is 4.17.